The molecule has 0 unspecified atom stereocenters. The Bertz CT molecular complexity index is 184. The van der Waals surface area contributed by atoms with E-state index < -0.39 is 0 Å². The van der Waals surface area contributed by atoms with E-state index in [0.29, 0.717) is 0 Å². The van der Waals surface area contributed by atoms with Gasteiger partial charge in [0.25, 0.3) is 0 Å². The number of rotatable bonds is 2. The van der Waals surface area contributed by atoms with Gasteiger partial charge in [-0.25, -0.2) is 0 Å². The molecule has 0 aromatic heterocycles. The molecule has 0 saturated carbocycles. The van der Waals surface area contributed by atoms with Gasteiger partial charge in [-0.3, -0.25) is 0 Å². The normalized spacial score (nSPS) is 9.36. The van der Waals surface area contributed by atoms with Crippen LogP contribution in [0.25, 0.3) is 0 Å². The monoisotopic (exact) mass is 163 g/mol. The Labute approximate surface area is 72.3 Å². The van der Waals surface area contributed by atoms with Gasteiger partial charge in [0.2, 0.25) is 0 Å². The van der Waals surface area contributed by atoms with Crippen molar-refractivity contribution in [3.63, 3.8) is 0 Å². The van der Waals surface area contributed by atoms with E-state index in [-0.39, 0.29) is 16.3 Å². The van der Waals surface area contributed by atoms with E-state index >= 15 is 0 Å². The van der Waals surface area contributed by atoms with Gasteiger partial charge in [-0.05, 0) is 25.1 Å². The van der Waals surface area contributed by atoms with Gasteiger partial charge in [-0.1, -0.05) is 30.3 Å². The molecule has 0 heterocycles. The first kappa shape index (κ1) is 10.7. The maximum absolute atomic E-state index is 2.31. The molecule has 11 heavy (non-hydrogen) atoms. The Kier molecular flexibility index (Phi) is 5.24. The maximum atomic E-state index is 2.31. The van der Waals surface area contributed by atoms with Crippen molar-refractivity contribution in [3.05, 3.63) is 35.9 Å². The molecular weight excluding hydrogens is 150 g/mol. The van der Waals surface area contributed by atoms with E-state index in [0.717, 1.165) is 0 Å². The zero-order valence-corrected chi connectivity index (χ0v) is 8.01. The maximum Gasteiger partial charge on any atom is 0 e. The highest BCUT2D eigenvalue weighted by Gasteiger charge is 1.93. The molecule has 1 aromatic carbocycles. The molecule has 0 atom stereocenters. The first-order valence-corrected chi connectivity index (χ1v) is 5.90. The molecule has 2 heteroatoms. The van der Waals surface area contributed by atoms with Crippen molar-refractivity contribution in [2.24, 2.45) is 0 Å². The highest BCUT2D eigenvalue weighted by atomic mass is 31.1. The summed E-state index contributed by atoms with van der Waals surface area (Å²) in [5.41, 5.74) is 1.47. The third kappa shape index (κ3) is 4.21. The second kappa shape index (κ2) is 5.38. The van der Waals surface area contributed by atoms with Gasteiger partial charge in [0, 0.05) is 8.41 Å². The molecule has 57 valence electrons. The fraction of sp³-hybridized carbons (Fsp3) is 0.333. The summed E-state index contributed by atoms with van der Waals surface area (Å²) in [4.78, 5) is 0. The summed E-state index contributed by atoms with van der Waals surface area (Å²) >= 11 is 0. The predicted octanol–water partition coefficient (Wildman–Crippen LogP) is 2.55. The van der Waals surface area contributed by atoms with Crippen LogP contribution in [-0.2, 0) is 6.16 Å². The van der Waals surface area contributed by atoms with Crippen LogP contribution in [-0.4, -0.2) is 21.7 Å². The van der Waals surface area contributed by atoms with Crippen LogP contribution in [0.1, 0.15) is 5.56 Å². The van der Waals surface area contributed by atoms with Crippen molar-refractivity contribution < 1.29 is 0 Å². The van der Waals surface area contributed by atoms with E-state index in [1.54, 1.807) is 0 Å². The molecule has 0 saturated heterocycles. The molecule has 0 fully saturated rings. The highest BCUT2D eigenvalue weighted by Crippen LogP contribution is 2.29. The van der Waals surface area contributed by atoms with E-state index in [4.69, 9.17) is 0 Å². The molecule has 0 bridgehead atoms. The summed E-state index contributed by atoms with van der Waals surface area (Å²) in [6.45, 7) is 4.62. The topological polar surface area (TPSA) is 0 Å². The van der Waals surface area contributed by atoms with Gasteiger partial charge in [0.15, 0.2) is 0 Å². The van der Waals surface area contributed by atoms with Gasteiger partial charge >= 0.3 is 0 Å². The standard InChI is InChI=1S/C9H13P.B/c1-10(2)8-9-6-4-3-5-7-9;/h3-7H,8H2,1-2H3;. The van der Waals surface area contributed by atoms with E-state index in [1.165, 1.54) is 11.7 Å². The summed E-state index contributed by atoms with van der Waals surface area (Å²) < 4.78 is 0. The van der Waals surface area contributed by atoms with Crippen LogP contribution in [0.3, 0.4) is 0 Å². The van der Waals surface area contributed by atoms with E-state index in [9.17, 15) is 0 Å². The van der Waals surface area contributed by atoms with Gasteiger partial charge < -0.3 is 0 Å². The minimum absolute atomic E-state index is 0. The largest absolute Gasteiger partial charge is 0.109 e. The van der Waals surface area contributed by atoms with Crippen LogP contribution in [0.4, 0.5) is 0 Å². The van der Waals surface area contributed by atoms with Crippen molar-refractivity contribution in [2.75, 3.05) is 13.3 Å². The first-order chi connectivity index (χ1) is 4.79. The highest BCUT2D eigenvalue weighted by molar-refractivity contribution is 7.55. The fourth-order valence-electron chi connectivity index (χ4n) is 0.949. The second-order valence-electron chi connectivity index (χ2n) is 2.72. The number of hydrogen-bond acceptors (Lipinski definition) is 0. The lowest BCUT2D eigenvalue weighted by Crippen LogP contribution is -1.79. The molecule has 1 rings (SSSR count). The summed E-state index contributed by atoms with van der Waals surface area (Å²) in [5, 5.41) is 0. The Balaban J connectivity index is 0.000001000. The van der Waals surface area contributed by atoms with Crippen LogP contribution in [0.2, 0.25) is 0 Å². The van der Waals surface area contributed by atoms with Crippen LogP contribution in [0, 0.1) is 0 Å². The summed E-state index contributed by atoms with van der Waals surface area (Å²) in [6, 6.07) is 10.7. The van der Waals surface area contributed by atoms with Gasteiger partial charge in [-0.15, -0.1) is 7.92 Å². The second-order valence-corrected chi connectivity index (χ2v) is 5.20. The van der Waals surface area contributed by atoms with Crippen LogP contribution >= 0.6 is 7.92 Å². The predicted molar refractivity (Wildman–Crippen MR) is 54.7 cm³/mol. The fourth-order valence-corrected chi connectivity index (χ4v) is 1.89. The van der Waals surface area contributed by atoms with Gasteiger partial charge in [0.05, 0.1) is 0 Å². The Morgan fingerprint density at radius 2 is 1.64 bits per heavy atom. The average Bonchev–Trinajstić information content (AvgIpc) is 1.88. The smallest absolute Gasteiger partial charge is 0 e. The molecule has 0 spiro atoms. The number of hydrogen-bond donors (Lipinski definition) is 0. The minimum Gasteiger partial charge on any atom is -0.109 e. The summed E-state index contributed by atoms with van der Waals surface area (Å²) in [6.07, 6.45) is 1.26. The zero-order valence-electron chi connectivity index (χ0n) is 7.12. The lowest BCUT2D eigenvalue weighted by Gasteiger charge is -2.03. The van der Waals surface area contributed by atoms with Crippen LogP contribution in [0.15, 0.2) is 30.3 Å². The SMILES string of the molecule is CP(C)Cc1ccccc1.[B]. The van der Waals surface area contributed by atoms with Crippen molar-refractivity contribution >= 4 is 16.3 Å². The molecule has 0 N–H and O–H groups in total. The molecule has 0 amide bonds. The van der Waals surface area contributed by atoms with Crippen molar-refractivity contribution in [2.45, 2.75) is 6.16 Å². The summed E-state index contributed by atoms with van der Waals surface area (Å²) in [5.74, 6) is 0. The van der Waals surface area contributed by atoms with Crippen LogP contribution < -0.4 is 0 Å². The van der Waals surface area contributed by atoms with E-state index in [2.05, 4.69) is 43.7 Å². The Morgan fingerprint density at radius 3 is 2.09 bits per heavy atom. The molecule has 0 nitrogen and oxygen atoms in total. The third-order valence-corrected chi connectivity index (χ3v) is 2.34. The molecular formula is C9H13BP. The van der Waals surface area contributed by atoms with Crippen molar-refractivity contribution in [3.8, 4) is 0 Å². The Morgan fingerprint density at radius 1 is 1.09 bits per heavy atom. The zero-order chi connectivity index (χ0) is 7.40. The van der Waals surface area contributed by atoms with Crippen molar-refractivity contribution in [1.82, 2.24) is 0 Å². The summed E-state index contributed by atoms with van der Waals surface area (Å²) in [7, 11) is 0.223. The average molecular weight is 163 g/mol. The van der Waals surface area contributed by atoms with Gasteiger partial charge in [0.1, 0.15) is 0 Å². The molecule has 3 radical (unpaired) electrons. The minimum atomic E-state index is 0. The lowest BCUT2D eigenvalue weighted by molar-refractivity contribution is 1.40. The van der Waals surface area contributed by atoms with Crippen LogP contribution in [0.5, 0.6) is 0 Å². The van der Waals surface area contributed by atoms with Gasteiger partial charge in [-0.2, -0.15) is 0 Å². The van der Waals surface area contributed by atoms with E-state index in [1.807, 2.05) is 0 Å². The van der Waals surface area contributed by atoms with Crippen molar-refractivity contribution in [1.29, 1.82) is 0 Å². The molecule has 0 aliphatic rings. The quantitative estimate of drug-likeness (QED) is 0.464. The lowest BCUT2D eigenvalue weighted by atomic mass is 10.2. The Hall–Kier alpha value is -0.285. The first-order valence-electron chi connectivity index (χ1n) is 3.47. The molecule has 1 aromatic rings. The molecule has 0 aliphatic carbocycles. The number of benzene rings is 1. The third-order valence-electron chi connectivity index (χ3n) is 1.34. The molecule has 0 aliphatic heterocycles.